The molecule has 0 aromatic carbocycles. The van der Waals surface area contributed by atoms with E-state index in [4.69, 9.17) is 4.74 Å². The largest absolute Gasteiger partial charge is 0.394 e. The van der Waals surface area contributed by atoms with Crippen molar-refractivity contribution in [2.45, 2.75) is 38.0 Å². The van der Waals surface area contributed by atoms with Crippen molar-refractivity contribution in [2.75, 3.05) is 18.5 Å². The molecule has 0 spiro atoms. The first-order valence-corrected chi connectivity index (χ1v) is 8.61. The third-order valence-electron chi connectivity index (χ3n) is 4.72. The molecule has 12 heteroatoms. The lowest BCUT2D eigenvalue weighted by atomic mass is 10.1. The van der Waals surface area contributed by atoms with Crippen molar-refractivity contribution in [3.8, 4) is 0 Å². The number of rotatable bonds is 6. The summed E-state index contributed by atoms with van der Waals surface area (Å²) in [6.07, 6.45) is 2.39. The maximum absolute atomic E-state index is 10.2. The highest BCUT2D eigenvalue weighted by molar-refractivity contribution is 5.85. The van der Waals surface area contributed by atoms with Crippen LogP contribution in [0.5, 0.6) is 0 Å². The molecule has 4 N–H and O–H groups in total. The van der Waals surface area contributed by atoms with E-state index in [0.29, 0.717) is 30.1 Å². The number of aryl methyl sites for hydroxylation is 1. The van der Waals surface area contributed by atoms with Crippen LogP contribution < -0.4 is 5.32 Å². The molecule has 11 nitrogen and oxygen atoms in total. The molecule has 3 aromatic rings. The van der Waals surface area contributed by atoms with Crippen molar-refractivity contribution in [1.29, 1.82) is 0 Å². The zero-order chi connectivity index (χ0) is 19.0. The molecule has 0 bridgehead atoms. The molecule has 4 atom stereocenters. The van der Waals surface area contributed by atoms with Crippen LogP contribution >= 0.6 is 12.4 Å². The van der Waals surface area contributed by atoms with Crippen LogP contribution in [0.2, 0.25) is 0 Å². The summed E-state index contributed by atoms with van der Waals surface area (Å²) in [7, 11) is 0. The van der Waals surface area contributed by atoms with Gasteiger partial charge in [-0.3, -0.25) is 4.57 Å². The zero-order valence-electron chi connectivity index (χ0n) is 15.1. The van der Waals surface area contributed by atoms with Gasteiger partial charge in [-0.2, -0.15) is 0 Å². The SMILES string of the molecule is Cc1nccn1CCNc1ncnc2c1ncn2[C@@H]1O[C@H](CO)[C@@H](O)[C@H]1O.Cl. The molecule has 4 rings (SSSR count). The van der Waals surface area contributed by atoms with Gasteiger partial charge in [-0.1, -0.05) is 0 Å². The number of aliphatic hydroxyl groups is 3. The average molecular weight is 412 g/mol. The molecule has 1 saturated heterocycles. The smallest absolute Gasteiger partial charge is 0.167 e. The summed E-state index contributed by atoms with van der Waals surface area (Å²) >= 11 is 0. The van der Waals surface area contributed by atoms with E-state index in [0.717, 1.165) is 5.82 Å². The maximum atomic E-state index is 10.2. The minimum absolute atomic E-state index is 0. The maximum Gasteiger partial charge on any atom is 0.167 e. The van der Waals surface area contributed by atoms with E-state index >= 15 is 0 Å². The molecule has 28 heavy (non-hydrogen) atoms. The molecule has 1 fully saturated rings. The van der Waals surface area contributed by atoms with Crippen molar-refractivity contribution in [3.05, 3.63) is 30.9 Å². The van der Waals surface area contributed by atoms with Gasteiger partial charge < -0.3 is 29.9 Å². The van der Waals surface area contributed by atoms with Gasteiger partial charge in [0, 0.05) is 25.5 Å². The molecule has 152 valence electrons. The molecule has 4 heterocycles. The highest BCUT2D eigenvalue weighted by atomic mass is 35.5. The van der Waals surface area contributed by atoms with Gasteiger partial charge in [0.2, 0.25) is 0 Å². The zero-order valence-corrected chi connectivity index (χ0v) is 15.9. The molecule has 0 radical (unpaired) electrons. The first-order valence-electron chi connectivity index (χ1n) is 8.61. The van der Waals surface area contributed by atoms with Crippen molar-refractivity contribution < 1.29 is 20.1 Å². The predicted octanol–water partition coefficient (Wildman–Crippen LogP) is -0.523. The second kappa shape index (κ2) is 8.37. The molecule has 3 aromatic heterocycles. The Bertz CT molecular complexity index is 933. The van der Waals surface area contributed by atoms with Crippen molar-refractivity contribution in [2.24, 2.45) is 0 Å². The van der Waals surface area contributed by atoms with E-state index in [1.165, 1.54) is 17.2 Å². The van der Waals surface area contributed by atoms with E-state index in [1.807, 2.05) is 17.7 Å². The van der Waals surface area contributed by atoms with Crippen LogP contribution in [0.1, 0.15) is 12.1 Å². The fraction of sp³-hybridized carbons (Fsp3) is 0.500. The van der Waals surface area contributed by atoms with Gasteiger partial charge >= 0.3 is 0 Å². The Hall–Kier alpha value is -2.31. The number of ether oxygens (including phenoxy) is 1. The summed E-state index contributed by atoms with van der Waals surface area (Å²) in [6, 6.07) is 0. The Labute approximate surface area is 166 Å². The van der Waals surface area contributed by atoms with Gasteiger partial charge in [0.05, 0.1) is 12.9 Å². The number of hydrogen-bond donors (Lipinski definition) is 4. The average Bonchev–Trinajstić information content (AvgIpc) is 3.35. The van der Waals surface area contributed by atoms with E-state index in [2.05, 4.69) is 25.3 Å². The van der Waals surface area contributed by atoms with Crippen LogP contribution in [0.4, 0.5) is 5.82 Å². The summed E-state index contributed by atoms with van der Waals surface area (Å²) in [5.41, 5.74) is 0.985. The monoisotopic (exact) mass is 411 g/mol. The van der Waals surface area contributed by atoms with Crippen molar-refractivity contribution >= 4 is 29.4 Å². The molecule has 1 aliphatic heterocycles. The lowest BCUT2D eigenvalue weighted by Crippen LogP contribution is -2.33. The number of hydrogen-bond acceptors (Lipinski definition) is 9. The quantitative estimate of drug-likeness (QED) is 0.421. The minimum Gasteiger partial charge on any atom is -0.394 e. The van der Waals surface area contributed by atoms with Crippen molar-refractivity contribution in [3.63, 3.8) is 0 Å². The standard InChI is InChI=1S/C16H21N7O4.ClH/c1-9-17-2-4-22(9)5-3-18-14-11-15(20-7-19-14)23(8-21-11)16-13(26)12(25)10(6-24)27-16;/h2,4,7-8,10,12-13,16,24-26H,3,5-6H2,1H3,(H,18,19,20);1H/t10-,12-,13-,16-;/m1./s1. The van der Waals surface area contributed by atoms with E-state index in [-0.39, 0.29) is 12.4 Å². The second-order valence-corrected chi connectivity index (χ2v) is 6.37. The lowest BCUT2D eigenvalue weighted by molar-refractivity contribution is -0.0511. The van der Waals surface area contributed by atoms with Gasteiger partial charge in [-0.15, -0.1) is 12.4 Å². The van der Waals surface area contributed by atoms with E-state index in [1.54, 1.807) is 6.20 Å². The molecular weight excluding hydrogens is 390 g/mol. The third kappa shape index (κ3) is 3.54. The summed E-state index contributed by atoms with van der Waals surface area (Å²) in [5, 5.41) is 32.7. The fourth-order valence-electron chi connectivity index (χ4n) is 3.21. The Morgan fingerprint density at radius 3 is 2.68 bits per heavy atom. The van der Waals surface area contributed by atoms with Crippen LogP contribution in [-0.2, 0) is 11.3 Å². The normalized spacial score (nSPS) is 24.4. The minimum atomic E-state index is -1.20. The summed E-state index contributed by atoms with van der Waals surface area (Å²) in [5.74, 6) is 1.49. The van der Waals surface area contributed by atoms with E-state index in [9.17, 15) is 15.3 Å². The fourth-order valence-corrected chi connectivity index (χ4v) is 3.21. The van der Waals surface area contributed by atoms with Crippen molar-refractivity contribution in [1.82, 2.24) is 29.1 Å². The highest BCUT2D eigenvalue weighted by Crippen LogP contribution is 2.31. The molecule has 0 aliphatic carbocycles. The Kier molecular flexibility index (Phi) is 6.10. The number of fused-ring (bicyclic) bond motifs is 1. The number of anilines is 1. The number of nitrogens with zero attached hydrogens (tertiary/aromatic N) is 6. The number of aliphatic hydroxyl groups excluding tert-OH is 3. The van der Waals surface area contributed by atoms with Crippen LogP contribution in [0, 0.1) is 6.92 Å². The topological polar surface area (TPSA) is 143 Å². The first kappa shape index (κ1) is 20.4. The molecular formula is C16H22ClN7O4. The van der Waals surface area contributed by atoms with Crippen LogP contribution in [0.15, 0.2) is 25.0 Å². The Morgan fingerprint density at radius 2 is 2.00 bits per heavy atom. The number of nitrogens with one attached hydrogen (secondary N) is 1. The van der Waals surface area contributed by atoms with Crippen LogP contribution in [0.25, 0.3) is 11.2 Å². The van der Waals surface area contributed by atoms with Crippen LogP contribution in [-0.4, -0.2) is 75.9 Å². The number of imidazole rings is 2. The summed E-state index contributed by atoms with van der Waals surface area (Å²) < 4.78 is 9.10. The molecule has 1 aliphatic rings. The van der Waals surface area contributed by atoms with Gasteiger partial charge in [-0.05, 0) is 6.92 Å². The third-order valence-corrected chi connectivity index (χ3v) is 4.72. The van der Waals surface area contributed by atoms with Gasteiger partial charge in [0.15, 0.2) is 23.2 Å². The summed E-state index contributed by atoms with van der Waals surface area (Å²) in [6.45, 7) is 2.87. The van der Waals surface area contributed by atoms with Gasteiger partial charge in [0.25, 0.3) is 0 Å². The lowest BCUT2D eigenvalue weighted by Gasteiger charge is -2.16. The summed E-state index contributed by atoms with van der Waals surface area (Å²) in [4.78, 5) is 17.0. The number of aromatic nitrogens is 6. The highest BCUT2D eigenvalue weighted by Gasteiger charge is 2.44. The Morgan fingerprint density at radius 1 is 1.18 bits per heavy atom. The second-order valence-electron chi connectivity index (χ2n) is 6.37. The number of halogens is 1. The Balaban J connectivity index is 0.00000225. The first-order chi connectivity index (χ1) is 13.1. The van der Waals surface area contributed by atoms with Crippen LogP contribution in [0.3, 0.4) is 0 Å². The molecule has 0 amide bonds. The van der Waals surface area contributed by atoms with Gasteiger partial charge in [0.1, 0.15) is 30.5 Å². The molecule has 0 saturated carbocycles. The molecule has 0 unspecified atom stereocenters. The predicted molar refractivity (Wildman–Crippen MR) is 101 cm³/mol. The van der Waals surface area contributed by atoms with E-state index < -0.39 is 31.1 Å². The van der Waals surface area contributed by atoms with Gasteiger partial charge in [-0.25, -0.2) is 19.9 Å².